The van der Waals surface area contributed by atoms with Crippen LogP contribution in [0, 0.1) is 0 Å². The molecule has 17 heavy (non-hydrogen) atoms. The van der Waals surface area contributed by atoms with Gasteiger partial charge in [-0.2, -0.15) is 0 Å². The second-order valence-electron chi connectivity index (χ2n) is 3.55. The normalized spacial score (nSPS) is 9.94. The highest BCUT2D eigenvalue weighted by Crippen LogP contribution is 2.11. The Hall–Kier alpha value is -2.20. The first-order valence-corrected chi connectivity index (χ1v) is 5.21. The first kappa shape index (κ1) is 11.3. The van der Waals surface area contributed by atoms with E-state index < -0.39 is 0 Å². The standard InChI is InChI=1S/C13H12N2O2/c16-9-10-1-3-12(4-2-10)15-13(17)11-5-7-14-8-6-11/h1-8,16H,9H2,(H,15,17). The van der Waals surface area contributed by atoms with Crippen molar-refractivity contribution >= 4 is 11.6 Å². The molecule has 0 atom stereocenters. The summed E-state index contributed by atoms with van der Waals surface area (Å²) in [5, 5.41) is 11.7. The molecule has 2 rings (SSSR count). The van der Waals surface area contributed by atoms with Gasteiger partial charge in [0.15, 0.2) is 0 Å². The molecule has 0 bridgehead atoms. The molecule has 0 saturated carbocycles. The summed E-state index contributed by atoms with van der Waals surface area (Å²) in [6, 6.07) is 10.3. The fourth-order valence-electron chi connectivity index (χ4n) is 1.40. The minimum atomic E-state index is -0.177. The van der Waals surface area contributed by atoms with Gasteiger partial charge in [0.1, 0.15) is 0 Å². The molecule has 0 saturated heterocycles. The van der Waals surface area contributed by atoms with Crippen molar-refractivity contribution in [2.24, 2.45) is 0 Å². The van der Waals surface area contributed by atoms with Gasteiger partial charge in [0.05, 0.1) is 6.61 Å². The van der Waals surface area contributed by atoms with Crippen LogP contribution in [0.25, 0.3) is 0 Å². The predicted octanol–water partition coefficient (Wildman–Crippen LogP) is 1.83. The molecule has 0 fully saturated rings. The molecule has 0 aliphatic carbocycles. The third-order valence-corrected chi connectivity index (χ3v) is 2.34. The number of pyridine rings is 1. The number of benzene rings is 1. The van der Waals surface area contributed by atoms with Gasteiger partial charge >= 0.3 is 0 Å². The van der Waals surface area contributed by atoms with Crippen LogP contribution in [0.2, 0.25) is 0 Å². The molecule has 2 N–H and O–H groups in total. The van der Waals surface area contributed by atoms with Crippen LogP contribution < -0.4 is 5.32 Å². The van der Waals surface area contributed by atoms with Crippen LogP contribution in [0.4, 0.5) is 5.69 Å². The van der Waals surface area contributed by atoms with Crippen molar-refractivity contribution in [2.75, 3.05) is 5.32 Å². The summed E-state index contributed by atoms with van der Waals surface area (Å²) in [7, 11) is 0. The van der Waals surface area contributed by atoms with Crippen LogP contribution >= 0.6 is 0 Å². The number of anilines is 1. The fourth-order valence-corrected chi connectivity index (χ4v) is 1.40. The molecule has 1 heterocycles. The number of amides is 1. The number of aromatic nitrogens is 1. The Morgan fingerprint density at radius 1 is 1.12 bits per heavy atom. The summed E-state index contributed by atoms with van der Waals surface area (Å²) in [5.74, 6) is -0.177. The van der Waals surface area contributed by atoms with E-state index in [0.29, 0.717) is 11.3 Å². The molecule has 0 aliphatic heterocycles. The Balaban J connectivity index is 2.08. The Kier molecular flexibility index (Phi) is 3.47. The number of carbonyl (C=O) groups excluding carboxylic acids is 1. The molecule has 1 aromatic carbocycles. The van der Waals surface area contributed by atoms with Crippen LogP contribution in [-0.4, -0.2) is 16.0 Å². The number of rotatable bonds is 3. The Bertz CT molecular complexity index is 495. The smallest absolute Gasteiger partial charge is 0.255 e. The minimum absolute atomic E-state index is 0.00141. The molecule has 4 nitrogen and oxygen atoms in total. The lowest BCUT2D eigenvalue weighted by atomic mass is 10.2. The van der Waals surface area contributed by atoms with Crippen LogP contribution in [-0.2, 0) is 6.61 Å². The zero-order valence-electron chi connectivity index (χ0n) is 9.13. The second kappa shape index (κ2) is 5.23. The van der Waals surface area contributed by atoms with Gasteiger partial charge in [-0.05, 0) is 29.8 Å². The van der Waals surface area contributed by atoms with Gasteiger partial charge in [-0.25, -0.2) is 0 Å². The van der Waals surface area contributed by atoms with E-state index in [4.69, 9.17) is 5.11 Å². The van der Waals surface area contributed by atoms with Crippen LogP contribution in [0.3, 0.4) is 0 Å². The van der Waals surface area contributed by atoms with Crippen LogP contribution in [0.15, 0.2) is 48.8 Å². The number of carbonyl (C=O) groups is 1. The molecule has 4 heteroatoms. The third kappa shape index (κ3) is 2.89. The summed E-state index contributed by atoms with van der Waals surface area (Å²) < 4.78 is 0. The molecule has 0 radical (unpaired) electrons. The topological polar surface area (TPSA) is 62.2 Å². The number of hydrogen-bond donors (Lipinski definition) is 2. The first-order valence-electron chi connectivity index (χ1n) is 5.21. The van der Waals surface area contributed by atoms with Crippen molar-refractivity contribution in [2.45, 2.75) is 6.61 Å². The molecule has 1 aromatic heterocycles. The first-order chi connectivity index (χ1) is 8.29. The highest BCUT2D eigenvalue weighted by Gasteiger charge is 2.04. The average molecular weight is 228 g/mol. The van der Waals surface area contributed by atoms with Gasteiger partial charge in [-0.1, -0.05) is 12.1 Å². The maximum absolute atomic E-state index is 11.8. The lowest BCUT2D eigenvalue weighted by Crippen LogP contribution is -2.11. The highest BCUT2D eigenvalue weighted by molar-refractivity contribution is 6.04. The van der Waals surface area contributed by atoms with E-state index >= 15 is 0 Å². The van der Waals surface area contributed by atoms with Crippen LogP contribution in [0.5, 0.6) is 0 Å². The van der Waals surface area contributed by atoms with Gasteiger partial charge in [0, 0.05) is 23.6 Å². The summed E-state index contributed by atoms with van der Waals surface area (Å²) in [6.07, 6.45) is 3.15. The number of nitrogens with zero attached hydrogens (tertiary/aromatic N) is 1. The Morgan fingerprint density at radius 3 is 2.35 bits per heavy atom. The summed E-state index contributed by atoms with van der Waals surface area (Å²) in [4.78, 5) is 15.6. The molecule has 0 spiro atoms. The minimum Gasteiger partial charge on any atom is -0.392 e. The molecule has 2 aromatic rings. The molecule has 86 valence electrons. The summed E-state index contributed by atoms with van der Waals surface area (Å²) >= 11 is 0. The largest absolute Gasteiger partial charge is 0.392 e. The molecular formula is C13H12N2O2. The number of aliphatic hydroxyl groups is 1. The lowest BCUT2D eigenvalue weighted by Gasteiger charge is -2.05. The number of nitrogens with one attached hydrogen (secondary N) is 1. The number of aliphatic hydroxyl groups excluding tert-OH is 1. The van der Waals surface area contributed by atoms with E-state index in [2.05, 4.69) is 10.3 Å². The van der Waals surface area contributed by atoms with Gasteiger partial charge in [-0.15, -0.1) is 0 Å². The quantitative estimate of drug-likeness (QED) is 0.842. The van der Waals surface area contributed by atoms with Crippen molar-refractivity contribution in [3.05, 3.63) is 59.9 Å². The SMILES string of the molecule is O=C(Nc1ccc(CO)cc1)c1ccncc1. The Morgan fingerprint density at radius 2 is 1.76 bits per heavy atom. The van der Waals surface area contributed by atoms with Crippen molar-refractivity contribution in [3.8, 4) is 0 Å². The third-order valence-electron chi connectivity index (χ3n) is 2.34. The van der Waals surface area contributed by atoms with Crippen molar-refractivity contribution in [1.29, 1.82) is 0 Å². The van der Waals surface area contributed by atoms with Gasteiger partial charge < -0.3 is 10.4 Å². The number of hydrogen-bond acceptors (Lipinski definition) is 3. The van der Waals surface area contributed by atoms with Gasteiger partial charge in [-0.3, -0.25) is 9.78 Å². The summed E-state index contributed by atoms with van der Waals surface area (Å²) in [5.41, 5.74) is 2.07. The fraction of sp³-hybridized carbons (Fsp3) is 0.0769. The van der Waals surface area contributed by atoms with E-state index in [0.717, 1.165) is 5.56 Å². The molecular weight excluding hydrogens is 216 g/mol. The zero-order chi connectivity index (χ0) is 12.1. The van der Waals surface area contributed by atoms with E-state index in [9.17, 15) is 4.79 Å². The van der Waals surface area contributed by atoms with Gasteiger partial charge in [0.25, 0.3) is 5.91 Å². The van der Waals surface area contributed by atoms with Crippen molar-refractivity contribution < 1.29 is 9.90 Å². The molecule has 0 aliphatic rings. The average Bonchev–Trinajstić information content (AvgIpc) is 2.40. The lowest BCUT2D eigenvalue weighted by molar-refractivity contribution is 0.102. The summed E-state index contributed by atoms with van der Waals surface area (Å²) in [6.45, 7) is -0.00141. The van der Waals surface area contributed by atoms with E-state index in [1.165, 1.54) is 0 Å². The maximum atomic E-state index is 11.8. The van der Waals surface area contributed by atoms with Crippen molar-refractivity contribution in [1.82, 2.24) is 4.98 Å². The van der Waals surface area contributed by atoms with Gasteiger partial charge in [0.2, 0.25) is 0 Å². The van der Waals surface area contributed by atoms with Crippen LogP contribution in [0.1, 0.15) is 15.9 Å². The van der Waals surface area contributed by atoms with Crippen molar-refractivity contribution in [3.63, 3.8) is 0 Å². The van der Waals surface area contributed by atoms with E-state index in [1.54, 1.807) is 48.8 Å². The van der Waals surface area contributed by atoms with E-state index in [-0.39, 0.29) is 12.5 Å². The maximum Gasteiger partial charge on any atom is 0.255 e. The van der Waals surface area contributed by atoms with E-state index in [1.807, 2.05) is 0 Å². The Labute approximate surface area is 98.9 Å². The zero-order valence-corrected chi connectivity index (χ0v) is 9.13. The molecule has 0 unspecified atom stereocenters. The second-order valence-corrected chi connectivity index (χ2v) is 3.55. The monoisotopic (exact) mass is 228 g/mol. The highest BCUT2D eigenvalue weighted by atomic mass is 16.3. The molecule has 1 amide bonds. The predicted molar refractivity (Wildman–Crippen MR) is 64.6 cm³/mol.